The topological polar surface area (TPSA) is 32.3 Å². The molecule has 58 valence electrons. The van der Waals surface area contributed by atoms with Gasteiger partial charge in [0, 0.05) is 5.56 Å². The zero-order chi connectivity index (χ0) is 7.84. The molecule has 0 aliphatic carbocycles. The Hall–Kier alpha value is -1.25. The summed E-state index contributed by atoms with van der Waals surface area (Å²) in [6, 6.07) is 4.87. The molecule has 0 spiro atoms. The van der Waals surface area contributed by atoms with Crippen molar-refractivity contribution in [1.82, 2.24) is 0 Å². The number of aromatic hydroxyl groups is 1. The van der Waals surface area contributed by atoms with Gasteiger partial charge < -0.3 is 10.4 Å². The van der Waals surface area contributed by atoms with E-state index in [-0.39, 0.29) is 12.3 Å². The number of alkyl halides is 1. The molecule has 0 aromatic heterocycles. The van der Waals surface area contributed by atoms with Crippen LogP contribution in [0.3, 0.4) is 0 Å². The number of rotatable bonds is 0. The second-order valence-electron chi connectivity index (χ2n) is 2.59. The van der Waals surface area contributed by atoms with Gasteiger partial charge in [-0.15, -0.1) is 0 Å². The summed E-state index contributed by atoms with van der Waals surface area (Å²) in [4.78, 5) is 0. The van der Waals surface area contributed by atoms with Crippen molar-refractivity contribution in [3.05, 3.63) is 23.8 Å². The molecule has 2 nitrogen and oxygen atoms in total. The van der Waals surface area contributed by atoms with Gasteiger partial charge in [-0.1, -0.05) is 12.1 Å². The average molecular weight is 153 g/mol. The molecule has 11 heavy (non-hydrogen) atoms. The minimum Gasteiger partial charge on any atom is -0.506 e. The summed E-state index contributed by atoms with van der Waals surface area (Å²) < 4.78 is 12.9. The number of fused-ring (bicyclic) bond motifs is 1. The number of hydrogen-bond donors (Lipinski definition) is 2. The highest BCUT2D eigenvalue weighted by Crippen LogP contribution is 2.37. The molecule has 1 heterocycles. The maximum absolute atomic E-state index is 12.9. The van der Waals surface area contributed by atoms with Gasteiger partial charge in [0.05, 0.1) is 12.2 Å². The molecular weight excluding hydrogens is 145 g/mol. The van der Waals surface area contributed by atoms with Crippen molar-refractivity contribution in [2.75, 3.05) is 11.9 Å². The summed E-state index contributed by atoms with van der Waals surface area (Å²) in [6.45, 7) is 0.271. The smallest absolute Gasteiger partial charge is 0.144 e. The normalized spacial score (nSPS) is 21.0. The van der Waals surface area contributed by atoms with E-state index in [0.29, 0.717) is 11.3 Å². The molecule has 2 rings (SSSR count). The first-order chi connectivity index (χ1) is 5.29. The van der Waals surface area contributed by atoms with Crippen LogP contribution >= 0.6 is 0 Å². The van der Waals surface area contributed by atoms with Gasteiger partial charge in [0.2, 0.25) is 0 Å². The van der Waals surface area contributed by atoms with Gasteiger partial charge >= 0.3 is 0 Å². The lowest BCUT2D eigenvalue weighted by Crippen LogP contribution is -1.94. The van der Waals surface area contributed by atoms with E-state index in [1.165, 1.54) is 0 Å². The van der Waals surface area contributed by atoms with Crippen molar-refractivity contribution in [3.8, 4) is 5.75 Å². The maximum Gasteiger partial charge on any atom is 0.144 e. The van der Waals surface area contributed by atoms with Crippen molar-refractivity contribution >= 4 is 5.69 Å². The Morgan fingerprint density at radius 1 is 1.55 bits per heavy atom. The van der Waals surface area contributed by atoms with Crippen LogP contribution in [0.2, 0.25) is 0 Å². The van der Waals surface area contributed by atoms with Crippen LogP contribution < -0.4 is 5.32 Å². The highest BCUT2D eigenvalue weighted by molar-refractivity contribution is 5.65. The molecule has 0 fully saturated rings. The van der Waals surface area contributed by atoms with E-state index < -0.39 is 6.17 Å². The Morgan fingerprint density at radius 3 is 3.09 bits per heavy atom. The van der Waals surface area contributed by atoms with Gasteiger partial charge in [-0.05, 0) is 6.07 Å². The minimum atomic E-state index is -0.975. The van der Waals surface area contributed by atoms with Crippen LogP contribution in [0.15, 0.2) is 18.2 Å². The van der Waals surface area contributed by atoms with Crippen LogP contribution in [0.4, 0.5) is 10.1 Å². The van der Waals surface area contributed by atoms with Crippen molar-refractivity contribution in [1.29, 1.82) is 0 Å². The molecule has 1 aliphatic rings. The highest BCUT2D eigenvalue weighted by atomic mass is 19.1. The second-order valence-corrected chi connectivity index (χ2v) is 2.59. The summed E-state index contributed by atoms with van der Waals surface area (Å²) in [5.41, 5.74) is 1.10. The third-order valence-corrected chi connectivity index (χ3v) is 1.87. The Kier molecular flexibility index (Phi) is 1.24. The van der Waals surface area contributed by atoms with Crippen LogP contribution in [0, 0.1) is 0 Å². The first-order valence-electron chi connectivity index (χ1n) is 3.49. The van der Waals surface area contributed by atoms with Gasteiger partial charge in [0.1, 0.15) is 11.9 Å². The van der Waals surface area contributed by atoms with Crippen molar-refractivity contribution in [2.45, 2.75) is 6.17 Å². The van der Waals surface area contributed by atoms with E-state index in [9.17, 15) is 9.50 Å². The summed E-state index contributed by atoms with van der Waals surface area (Å²) in [5, 5.41) is 12.0. The zero-order valence-electron chi connectivity index (χ0n) is 5.84. The molecule has 1 aromatic rings. The van der Waals surface area contributed by atoms with Gasteiger partial charge in [-0.2, -0.15) is 0 Å². The number of nitrogens with one attached hydrogen (secondary N) is 1. The van der Waals surface area contributed by atoms with Crippen LogP contribution in [-0.4, -0.2) is 11.7 Å². The largest absolute Gasteiger partial charge is 0.506 e. The van der Waals surface area contributed by atoms with E-state index >= 15 is 0 Å². The van der Waals surface area contributed by atoms with Gasteiger partial charge in [-0.3, -0.25) is 0 Å². The highest BCUT2D eigenvalue weighted by Gasteiger charge is 2.22. The number of phenolic OH excluding ortho intramolecular Hbond substituents is 1. The predicted molar refractivity (Wildman–Crippen MR) is 40.4 cm³/mol. The third-order valence-electron chi connectivity index (χ3n) is 1.87. The number of benzene rings is 1. The molecule has 0 radical (unpaired) electrons. The van der Waals surface area contributed by atoms with E-state index in [2.05, 4.69) is 5.32 Å². The number of anilines is 1. The Morgan fingerprint density at radius 2 is 2.36 bits per heavy atom. The zero-order valence-corrected chi connectivity index (χ0v) is 5.84. The van der Waals surface area contributed by atoms with Crippen LogP contribution in [-0.2, 0) is 0 Å². The first kappa shape index (κ1) is 6.46. The van der Waals surface area contributed by atoms with Crippen molar-refractivity contribution in [2.24, 2.45) is 0 Å². The molecule has 1 atom stereocenters. The molecule has 1 aromatic carbocycles. The summed E-state index contributed by atoms with van der Waals surface area (Å²) in [7, 11) is 0. The molecule has 2 N–H and O–H groups in total. The number of para-hydroxylation sites is 1. The summed E-state index contributed by atoms with van der Waals surface area (Å²) in [6.07, 6.45) is -0.975. The maximum atomic E-state index is 12.9. The third kappa shape index (κ3) is 0.843. The van der Waals surface area contributed by atoms with Gasteiger partial charge in [0.25, 0.3) is 0 Å². The first-order valence-corrected chi connectivity index (χ1v) is 3.49. The SMILES string of the molecule is Oc1cccc2c1NCC2F. The molecule has 1 aliphatic heterocycles. The Bertz CT molecular complexity index is 287. The van der Waals surface area contributed by atoms with Crippen molar-refractivity contribution in [3.63, 3.8) is 0 Å². The minimum absolute atomic E-state index is 0.127. The predicted octanol–water partition coefficient (Wildman–Crippen LogP) is 1.83. The van der Waals surface area contributed by atoms with Crippen LogP contribution in [0.1, 0.15) is 11.7 Å². The molecule has 1 unspecified atom stereocenters. The fourth-order valence-electron chi connectivity index (χ4n) is 1.31. The number of phenols is 1. The second kappa shape index (κ2) is 2.12. The summed E-state index contributed by atoms with van der Waals surface area (Å²) >= 11 is 0. The Balaban J connectivity index is 2.57. The number of hydrogen-bond acceptors (Lipinski definition) is 2. The molecule has 0 amide bonds. The fraction of sp³-hybridized carbons (Fsp3) is 0.250. The standard InChI is InChI=1S/C8H8FNO/c9-6-4-10-8-5(6)2-1-3-7(8)11/h1-3,6,10-11H,4H2. The molecular formula is C8H8FNO. The average Bonchev–Trinajstić information content (AvgIpc) is 2.35. The Labute approximate surface area is 63.7 Å². The monoisotopic (exact) mass is 153 g/mol. The van der Waals surface area contributed by atoms with Crippen molar-refractivity contribution < 1.29 is 9.50 Å². The molecule has 0 saturated heterocycles. The summed E-state index contributed by atoms with van der Waals surface area (Å²) in [5.74, 6) is 0.127. The lowest BCUT2D eigenvalue weighted by molar-refractivity contribution is 0.373. The molecule has 0 saturated carbocycles. The number of halogens is 1. The molecule has 0 bridgehead atoms. The fourth-order valence-corrected chi connectivity index (χ4v) is 1.31. The van der Waals surface area contributed by atoms with E-state index in [4.69, 9.17) is 0 Å². The van der Waals surface area contributed by atoms with Crippen LogP contribution in [0.25, 0.3) is 0 Å². The van der Waals surface area contributed by atoms with Gasteiger partial charge in [0.15, 0.2) is 0 Å². The van der Waals surface area contributed by atoms with Gasteiger partial charge in [-0.25, -0.2) is 4.39 Å². The van der Waals surface area contributed by atoms with E-state index in [1.807, 2.05) is 0 Å². The van der Waals surface area contributed by atoms with E-state index in [1.54, 1.807) is 18.2 Å². The molecule has 3 heteroatoms. The van der Waals surface area contributed by atoms with E-state index in [0.717, 1.165) is 0 Å². The quantitative estimate of drug-likeness (QED) is 0.557. The lowest BCUT2D eigenvalue weighted by atomic mass is 10.1. The van der Waals surface area contributed by atoms with Crippen LogP contribution in [0.5, 0.6) is 5.75 Å². The lowest BCUT2D eigenvalue weighted by Gasteiger charge is -2.00.